The summed E-state index contributed by atoms with van der Waals surface area (Å²) in [5, 5.41) is 2.52. The first-order valence-electron chi connectivity index (χ1n) is 7.28. The van der Waals surface area contributed by atoms with E-state index in [4.69, 9.17) is 0 Å². The number of guanidine groups is 1. The van der Waals surface area contributed by atoms with Gasteiger partial charge in [-0.3, -0.25) is 14.9 Å². The molecule has 0 aliphatic carbocycles. The van der Waals surface area contributed by atoms with Crippen LogP contribution >= 0.6 is 15.9 Å². The Balaban J connectivity index is 1.73. The third kappa shape index (κ3) is 2.88. The molecule has 2 amide bonds. The summed E-state index contributed by atoms with van der Waals surface area (Å²) in [5.74, 6) is 0.420. The molecule has 0 aromatic carbocycles. The van der Waals surface area contributed by atoms with Crippen LogP contribution in [0.1, 0.15) is 32.6 Å². The van der Waals surface area contributed by atoms with E-state index in [1.54, 1.807) is 0 Å². The molecule has 21 heavy (non-hydrogen) atoms. The number of alkyl halides is 1. The van der Waals surface area contributed by atoms with Crippen molar-refractivity contribution in [1.82, 2.24) is 10.2 Å². The van der Waals surface area contributed by atoms with Gasteiger partial charge in [-0.1, -0.05) is 15.9 Å². The highest BCUT2D eigenvalue weighted by molar-refractivity contribution is 9.10. The fourth-order valence-electron chi connectivity index (χ4n) is 3.14. The highest BCUT2D eigenvalue weighted by atomic mass is 79.9. The molecule has 3 rings (SSSR count). The summed E-state index contributed by atoms with van der Waals surface area (Å²) in [6, 6.07) is 0. The quantitative estimate of drug-likeness (QED) is 0.522. The first-order chi connectivity index (χ1) is 9.90. The number of aliphatic imine (C=N–C) groups is 2. The van der Waals surface area contributed by atoms with Gasteiger partial charge < -0.3 is 4.90 Å². The van der Waals surface area contributed by atoms with Crippen LogP contribution in [0.25, 0.3) is 0 Å². The first kappa shape index (κ1) is 14.7. The summed E-state index contributed by atoms with van der Waals surface area (Å²) in [7, 11) is 0. The number of imide groups is 1. The number of hydrogen-bond donors (Lipinski definition) is 1. The Bertz CT molecular complexity index is 543. The highest BCUT2D eigenvalue weighted by Crippen LogP contribution is 2.38. The second kappa shape index (κ2) is 5.19. The van der Waals surface area contributed by atoms with Crippen molar-refractivity contribution in [2.45, 2.75) is 36.9 Å². The predicted molar refractivity (Wildman–Crippen MR) is 83.7 cm³/mol. The van der Waals surface area contributed by atoms with Gasteiger partial charge in [-0.05, 0) is 26.2 Å². The van der Waals surface area contributed by atoms with Crippen molar-refractivity contribution < 1.29 is 9.59 Å². The molecular formula is C14H19BrN4O2. The highest BCUT2D eigenvalue weighted by Gasteiger charge is 2.47. The van der Waals surface area contributed by atoms with Gasteiger partial charge in [-0.25, -0.2) is 9.98 Å². The van der Waals surface area contributed by atoms with Crippen LogP contribution < -0.4 is 5.32 Å². The molecule has 3 heterocycles. The molecule has 2 fully saturated rings. The molecule has 0 bridgehead atoms. The number of halogens is 1. The fraction of sp³-hybridized carbons (Fsp3) is 0.714. The van der Waals surface area contributed by atoms with Crippen LogP contribution in [0.15, 0.2) is 9.98 Å². The molecule has 0 saturated carbocycles. The zero-order chi connectivity index (χ0) is 15.1. The van der Waals surface area contributed by atoms with E-state index in [0.29, 0.717) is 25.5 Å². The fourth-order valence-corrected chi connectivity index (χ4v) is 3.36. The summed E-state index contributed by atoms with van der Waals surface area (Å²) < 4.78 is -0.181. The second-order valence-electron chi connectivity index (χ2n) is 6.34. The van der Waals surface area contributed by atoms with Crippen molar-refractivity contribution in [2.75, 3.05) is 19.6 Å². The lowest BCUT2D eigenvalue weighted by atomic mass is 9.82. The van der Waals surface area contributed by atoms with E-state index in [0.717, 1.165) is 25.8 Å². The van der Waals surface area contributed by atoms with Crippen molar-refractivity contribution in [3.63, 3.8) is 0 Å². The second-order valence-corrected chi connectivity index (χ2v) is 8.15. The van der Waals surface area contributed by atoms with Crippen LogP contribution in [-0.4, -0.2) is 52.8 Å². The number of nitrogens with zero attached hydrogens (tertiary/aromatic N) is 3. The molecule has 0 radical (unpaired) electrons. The molecule has 2 atom stereocenters. The van der Waals surface area contributed by atoms with Crippen LogP contribution in [0, 0.1) is 5.41 Å². The van der Waals surface area contributed by atoms with Gasteiger partial charge in [0, 0.05) is 25.7 Å². The van der Waals surface area contributed by atoms with Gasteiger partial charge in [-0.15, -0.1) is 0 Å². The van der Waals surface area contributed by atoms with Gasteiger partial charge in [0.15, 0.2) is 0 Å². The summed E-state index contributed by atoms with van der Waals surface area (Å²) in [4.78, 5) is 34.8. The maximum atomic E-state index is 12.3. The molecule has 0 aromatic heterocycles. The molecule has 2 saturated heterocycles. The topological polar surface area (TPSA) is 74.1 Å². The largest absolute Gasteiger partial charge is 0.340 e. The van der Waals surface area contributed by atoms with Crippen molar-refractivity contribution in [3.05, 3.63) is 0 Å². The van der Waals surface area contributed by atoms with Crippen molar-refractivity contribution in [2.24, 2.45) is 15.4 Å². The molecule has 7 heteroatoms. The molecule has 1 N–H and O–H groups in total. The first-order valence-corrected chi connectivity index (χ1v) is 8.07. The lowest BCUT2D eigenvalue weighted by Gasteiger charge is -2.27. The minimum atomic E-state index is -0.459. The minimum Gasteiger partial charge on any atom is -0.340 e. The Labute approximate surface area is 132 Å². The van der Waals surface area contributed by atoms with Crippen LogP contribution in [0.5, 0.6) is 0 Å². The smallest absolute Gasteiger partial charge is 0.234 e. The zero-order valence-electron chi connectivity index (χ0n) is 12.1. The van der Waals surface area contributed by atoms with Crippen LogP contribution in [0.2, 0.25) is 0 Å². The van der Waals surface area contributed by atoms with Gasteiger partial charge in [0.25, 0.3) is 0 Å². The molecule has 6 nitrogen and oxygen atoms in total. The molecule has 1 spiro atoms. The number of carbonyl (C=O) groups excluding carboxylic acids is 2. The van der Waals surface area contributed by atoms with Crippen molar-refractivity contribution in [3.8, 4) is 0 Å². The Morgan fingerprint density at radius 3 is 2.90 bits per heavy atom. The zero-order valence-corrected chi connectivity index (χ0v) is 13.6. The third-order valence-electron chi connectivity index (χ3n) is 4.41. The van der Waals surface area contributed by atoms with E-state index < -0.39 is 5.41 Å². The number of amides is 2. The third-order valence-corrected chi connectivity index (χ3v) is 4.86. The molecule has 114 valence electrons. The van der Waals surface area contributed by atoms with E-state index in [-0.39, 0.29) is 16.1 Å². The predicted octanol–water partition coefficient (Wildman–Crippen LogP) is 1.10. The van der Waals surface area contributed by atoms with E-state index in [1.165, 1.54) is 0 Å². The Morgan fingerprint density at radius 1 is 1.38 bits per heavy atom. The van der Waals surface area contributed by atoms with E-state index in [9.17, 15) is 9.59 Å². The number of nitrogens with one attached hydrogen (secondary N) is 1. The summed E-state index contributed by atoms with van der Waals surface area (Å²) >= 11 is 3.55. The van der Waals surface area contributed by atoms with Gasteiger partial charge >= 0.3 is 0 Å². The Kier molecular flexibility index (Phi) is 3.63. The molecule has 2 unspecified atom stereocenters. The summed E-state index contributed by atoms with van der Waals surface area (Å²) in [6.45, 7) is 4.02. The molecule has 3 aliphatic rings. The SMILES string of the molecule is CC1(Br)C=NC(N2CCC3(CCCC(=O)NC3=O)C2)=NC1. The lowest BCUT2D eigenvalue weighted by molar-refractivity contribution is -0.135. The van der Waals surface area contributed by atoms with Gasteiger partial charge in [0.1, 0.15) is 0 Å². The maximum Gasteiger partial charge on any atom is 0.234 e. The molecule has 0 aromatic rings. The van der Waals surface area contributed by atoms with E-state index >= 15 is 0 Å². The Hall–Kier alpha value is -1.24. The number of carbonyl (C=O) groups is 2. The molecular weight excluding hydrogens is 336 g/mol. The lowest BCUT2D eigenvalue weighted by Crippen LogP contribution is -2.44. The van der Waals surface area contributed by atoms with Crippen LogP contribution in [0.3, 0.4) is 0 Å². The maximum absolute atomic E-state index is 12.3. The number of rotatable bonds is 0. The van der Waals surface area contributed by atoms with Crippen LogP contribution in [-0.2, 0) is 9.59 Å². The molecule has 3 aliphatic heterocycles. The monoisotopic (exact) mass is 354 g/mol. The Morgan fingerprint density at radius 2 is 2.19 bits per heavy atom. The van der Waals surface area contributed by atoms with Crippen molar-refractivity contribution >= 4 is 39.9 Å². The standard InChI is InChI=1S/C14H19BrN4O2/c1-13(15)7-16-12(17-8-13)19-6-5-14(9-19)4-2-3-10(20)18-11(14)21/h7H,2-6,8-9H2,1H3,(H,18,20,21). The number of hydrogen-bond acceptors (Lipinski definition) is 5. The summed E-state index contributed by atoms with van der Waals surface area (Å²) in [5.41, 5.74) is -0.459. The normalized spacial score (nSPS) is 36.7. The van der Waals surface area contributed by atoms with E-state index in [1.807, 2.05) is 13.1 Å². The minimum absolute atomic E-state index is 0.127. The average Bonchev–Trinajstić information content (AvgIpc) is 2.78. The van der Waals surface area contributed by atoms with Gasteiger partial charge in [-0.2, -0.15) is 0 Å². The van der Waals surface area contributed by atoms with Gasteiger partial charge in [0.05, 0.1) is 16.3 Å². The summed E-state index contributed by atoms with van der Waals surface area (Å²) in [6.07, 6.45) is 4.58. The average molecular weight is 355 g/mol. The van der Waals surface area contributed by atoms with Crippen molar-refractivity contribution in [1.29, 1.82) is 0 Å². The van der Waals surface area contributed by atoms with Crippen LogP contribution in [0.4, 0.5) is 0 Å². The van der Waals surface area contributed by atoms with Gasteiger partial charge in [0.2, 0.25) is 17.8 Å². The number of likely N-dealkylation sites (tertiary alicyclic amines) is 1. The van der Waals surface area contributed by atoms with E-state index in [2.05, 4.69) is 36.1 Å².